The maximum absolute atomic E-state index is 12.7. The fourth-order valence-electron chi connectivity index (χ4n) is 2.99. The summed E-state index contributed by atoms with van der Waals surface area (Å²) in [6.45, 7) is 0. The van der Waals surface area contributed by atoms with Crippen molar-refractivity contribution in [1.29, 1.82) is 0 Å². The van der Waals surface area contributed by atoms with Crippen molar-refractivity contribution in [3.05, 3.63) is 52.4 Å². The van der Waals surface area contributed by atoms with Crippen molar-refractivity contribution in [2.24, 2.45) is 5.73 Å². The van der Waals surface area contributed by atoms with Crippen molar-refractivity contribution >= 4 is 22.8 Å². The third-order valence-corrected chi connectivity index (χ3v) is 5.74. The number of carbonyl (C=O) groups is 1. The summed E-state index contributed by atoms with van der Waals surface area (Å²) < 4.78 is 33.9. The molecule has 0 saturated heterocycles. The van der Waals surface area contributed by atoms with E-state index in [0.29, 0.717) is 28.4 Å². The van der Waals surface area contributed by atoms with Gasteiger partial charge in [-0.05, 0) is 23.8 Å². The van der Waals surface area contributed by atoms with Crippen LogP contribution < -0.4 is 24.7 Å². The second-order valence-corrected chi connectivity index (χ2v) is 7.98. The number of hydrogen-bond acceptors (Lipinski definition) is 8. The molecule has 0 fully saturated rings. The lowest BCUT2D eigenvalue weighted by Crippen LogP contribution is -2.36. The summed E-state index contributed by atoms with van der Waals surface area (Å²) in [6.07, 6.45) is 0.145. The summed E-state index contributed by atoms with van der Waals surface area (Å²) in [6, 6.07) is 6.63. The Kier molecular flexibility index (Phi) is 9.06. The second kappa shape index (κ2) is 11.5. The van der Waals surface area contributed by atoms with Gasteiger partial charge in [-0.2, -0.15) is 0 Å². The number of ether oxygens (including phenoxy) is 4. The first-order valence-corrected chi connectivity index (χ1v) is 10.8. The molecule has 2 aromatic rings. The Morgan fingerprint density at radius 1 is 1.03 bits per heavy atom. The third kappa shape index (κ3) is 6.00. The molecule has 0 amide bonds. The predicted molar refractivity (Wildman–Crippen MR) is 121 cm³/mol. The van der Waals surface area contributed by atoms with Gasteiger partial charge < -0.3 is 34.9 Å². The van der Waals surface area contributed by atoms with Crippen LogP contribution in [0.15, 0.2) is 35.7 Å². The quantitative estimate of drug-likeness (QED) is 0.455. The monoisotopic (exact) mass is 465 g/mol. The van der Waals surface area contributed by atoms with E-state index in [4.69, 9.17) is 29.8 Å². The van der Waals surface area contributed by atoms with E-state index in [9.17, 15) is 14.1 Å². The third-order valence-electron chi connectivity index (χ3n) is 4.69. The van der Waals surface area contributed by atoms with Crippen LogP contribution in [0, 0.1) is 0 Å². The number of methoxy groups -OCH3 is 4. The molecule has 2 rings (SSSR count). The largest absolute Gasteiger partial charge is 0.496 e. The van der Waals surface area contributed by atoms with Crippen molar-refractivity contribution in [2.45, 2.75) is 17.9 Å². The van der Waals surface area contributed by atoms with E-state index in [2.05, 4.69) is 0 Å². The maximum atomic E-state index is 12.7. The molecule has 174 valence electrons. The summed E-state index contributed by atoms with van der Waals surface area (Å²) in [4.78, 5) is 11.1. The van der Waals surface area contributed by atoms with E-state index in [1.54, 1.807) is 30.3 Å². The first-order chi connectivity index (χ1) is 15.2. The van der Waals surface area contributed by atoms with Gasteiger partial charge in [0.25, 0.3) is 0 Å². The van der Waals surface area contributed by atoms with Crippen LogP contribution in [0.2, 0.25) is 0 Å². The molecule has 0 spiro atoms. The van der Waals surface area contributed by atoms with Crippen molar-refractivity contribution in [3.63, 3.8) is 0 Å². The summed E-state index contributed by atoms with van der Waals surface area (Å²) >= 11 is 0. The summed E-state index contributed by atoms with van der Waals surface area (Å²) in [5.74, 6) is 0.592. The zero-order valence-electron chi connectivity index (χ0n) is 18.2. The molecule has 0 saturated carbocycles. The topological polar surface area (TPSA) is 138 Å². The molecule has 2 aromatic carbocycles. The Morgan fingerprint density at radius 2 is 1.62 bits per heavy atom. The van der Waals surface area contributed by atoms with E-state index in [-0.39, 0.29) is 17.1 Å². The summed E-state index contributed by atoms with van der Waals surface area (Å²) in [5, 5.41) is 20.9. The number of rotatable bonds is 11. The zero-order chi connectivity index (χ0) is 23.8. The molecule has 0 aliphatic carbocycles. The molecular weight excluding hydrogens is 438 g/mol. The molecule has 4 N–H and O–H groups in total. The number of hydrogen-bond donors (Lipinski definition) is 3. The van der Waals surface area contributed by atoms with Crippen LogP contribution in [-0.2, 0) is 21.3 Å². The highest BCUT2D eigenvalue weighted by atomic mass is 32.2. The summed E-state index contributed by atoms with van der Waals surface area (Å²) in [5.41, 5.74) is 6.96. The van der Waals surface area contributed by atoms with Gasteiger partial charge in [0, 0.05) is 23.1 Å². The van der Waals surface area contributed by atoms with Crippen LogP contribution in [-0.4, -0.2) is 54.9 Å². The van der Waals surface area contributed by atoms with E-state index in [0.717, 1.165) is 0 Å². The molecule has 0 heterocycles. The van der Waals surface area contributed by atoms with Gasteiger partial charge in [-0.25, -0.2) is 0 Å². The van der Waals surface area contributed by atoms with Gasteiger partial charge in [0.15, 0.2) is 0 Å². The fourth-order valence-corrected chi connectivity index (χ4v) is 3.88. The van der Waals surface area contributed by atoms with Crippen molar-refractivity contribution in [2.75, 3.05) is 28.4 Å². The lowest BCUT2D eigenvalue weighted by molar-refractivity contribution is -0.141. The van der Waals surface area contributed by atoms with E-state index >= 15 is 0 Å². The molecule has 3 unspecified atom stereocenters. The van der Waals surface area contributed by atoms with E-state index in [1.165, 1.54) is 39.9 Å². The second-order valence-electron chi connectivity index (χ2n) is 6.66. The maximum Gasteiger partial charge on any atom is 0.323 e. The Hall–Kier alpha value is -3.08. The Balaban J connectivity index is 2.28. The number of carboxylic acids is 1. The van der Waals surface area contributed by atoms with Gasteiger partial charge in [0.2, 0.25) is 0 Å². The highest BCUT2D eigenvalue weighted by molar-refractivity contribution is 7.87. The number of aliphatic carboxylic acids is 1. The molecule has 0 aromatic heterocycles. The minimum Gasteiger partial charge on any atom is -0.496 e. The van der Waals surface area contributed by atoms with E-state index < -0.39 is 28.9 Å². The molecule has 0 aliphatic heterocycles. The fraction of sp³-hybridized carbons (Fsp3) is 0.318. The van der Waals surface area contributed by atoms with Crippen molar-refractivity contribution in [1.82, 2.24) is 0 Å². The normalized spacial score (nSPS) is 13.9. The highest BCUT2D eigenvalue weighted by Gasteiger charge is 2.26. The van der Waals surface area contributed by atoms with Crippen LogP contribution in [0.5, 0.6) is 23.0 Å². The highest BCUT2D eigenvalue weighted by Crippen LogP contribution is 2.35. The van der Waals surface area contributed by atoms with Gasteiger partial charge >= 0.3 is 5.97 Å². The predicted octanol–water partition coefficient (Wildman–Crippen LogP) is 2.09. The van der Waals surface area contributed by atoms with Crippen molar-refractivity contribution < 1.29 is 38.2 Å². The van der Waals surface area contributed by atoms with Crippen molar-refractivity contribution in [3.8, 4) is 23.0 Å². The molecule has 10 heteroatoms. The molecule has 3 atom stereocenters. The Labute approximate surface area is 188 Å². The molecule has 0 aliphatic rings. The molecule has 0 bridgehead atoms. The molecule has 9 nitrogen and oxygen atoms in total. The number of aliphatic hydroxyl groups is 1. The smallest absolute Gasteiger partial charge is 0.323 e. The first kappa shape index (κ1) is 25.2. The van der Waals surface area contributed by atoms with Gasteiger partial charge in [0.1, 0.15) is 35.1 Å². The number of carboxylic acid groups (broad SMARTS) is 1. The van der Waals surface area contributed by atoms with Crippen LogP contribution in [0.25, 0.3) is 6.08 Å². The molecular formula is C22H27NO8S. The summed E-state index contributed by atoms with van der Waals surface area (Å²) in [7, 11) is 4.50. The number of aliphatic hydroxyl groups excluding tert-OH is 1. The van der Waals surface area contributed by atoms with Crippen LogP contribution in [0.3, 0.4) is 0 Å². The van der Waals surface area contributed by atoms with Gasteiger partial charge in [0.05, 0.1) is 50.6 Å². The lowest BCUT2D eigenvalue weighted by atomic mass is 10.00. The minimum atomic E-state index is -1.53. The van der Waals surface area contributed by atoms with Gasteiger partial charge in [-0.1, -0.05) is 6.07 Å². The van der Waals surface area contributed by atoms with Gasteiger partial charge in [-0.15, -0.1) is 0 Å². The number of benzene rings is 2. The van der Waals surface area contributed by atoms with Crippen LogP contribution in [0.1, 0.15) is 22.8 Å². The SMILES string of the molecule is COc1cc(OC)c(/C=C/S(=O)Cc2ccc(OC)c(C(O)C(N)C(=O)O)c2)c(OC)c1. The first-order valence-electron chi connectivity index (χ1n) is 9.44. The zero-order valence-corrected chi connectivity index (χ0v) is 19.0. The minimum absolute atomic E-state index is 0.114. The molecule has 32 heavy (non-hydrogen) atoms. The van der Waals surface area contributed by atoms with Gasteiger partial charge in [-0.3, -0.25) is 9.00 Å². The Morgan fingerprint density at radius 3 is 2.12 bits per heavy atom. The Bertz CT molecular complexity index is 982. The molecule has 0 radical (unpaired) electrons. The average molecular weight is 466 g/mol. The number of nitrogens with two attached hydrogens (primary N) is 1. The van der Waals surface area contributed by atoms with Crippen LogP contribution >= 0.6 is 0 Å². The van der Waals surface area contributed by atoms with E-state index in [1.807, 2.05) is 0 Å². The standard InChI is InChI=1S/C22H27NO8S/c1-28-14-10-18(30-3)15(19(11-14)31-4)7-8-32(27)12-13-5-6-17(29-2)16(9-13)21(24)20(23)22(25)26/h5-11,20-21,24H,12,23H2,1-4H3,(H,25,26)/b8-7+. The van der Waals surface area contributed by atoms with Crippen LogP contribution in [0.4, 0.5) is 0 Å². The lowest BCUT2D eigenvalue weighted by Gasteiger charge is -2.19. The average Bonchev–Trinajstić information content (AvgIpc) is 2.80.